The first kappa shape index (κ1) is 26.8. The maximum absolute atomic E-state index is 12.8. The van der Waals surface area contributed by atoms with Crippen LogP contribution in [-0.4, -0.2) is 66.8 Å². The summed E-state index contributed by atoms with van der Waals surface area (Å²) in [7, 11) is -3.65. The van der Waals surface area contributed by atoms with E-state index < -0.39 is 28.0 Å². The molecular formula is C25H27ClN4O6S. The Hall–Kier alpha value is -3.25. The van der Waals surface area contributed by atoms with Crippen LogP contribution in [0.4, 0.5) is 5.69 Å². The molecule has 0 radical (unpaired) electrons. The molecule has 1 amide bonds. The van der Waals surface area contributed by atoms with Crippen LogP contribution in [0.1, 0.15) is 28.5 Å². The standard InChI is InChI=1S/C25H27ClN4O6S/c1-17-22(23(26)30(28-17)16-19-6-4-3-5-7-19)25(32)36-18(2)24(31)27-20-8-10-21(11-9-20)37(33,34)29-12-14-35-15-13-29/h3-11,18H,12-16H2,1-2H3,(H,27,31). The van der Waals surface area contributed by atoms with E-state index in [-0.39, 0.29) is 15.6 Å². The summed E-state index contributed by atoms with van der Waals surface area (Å²) in [6.07, 6.45) is -1.14. The van der Waals surface area contributed by atoms with Gasteiger partial charge in [0.25, 0.3) is 5.91 Å². The predicted octanol–water partition coefficient (Wildman–Crippen LogP) is 3.10. The monoisotopic (exact) mass is 546 g/mol. The Balaban J connectivity index is 1.38. The second kappa shape index (κ2) is 11.4. The van der Waals surface area contributed by atoms with E-state index in [2.05, 4.69) is 10.4 Å². The second-order valence-electron chi connectivity index (χ2n) is 8.47. The summed E-state index contributed by atoms with van der Waals surface area (Å²) < 4.78 is 38.9. The summed E-state index contributed by atoms with van der Waals surface area (Å²) in [4.78, 5) is 25.6. The number of carbonyl (C=O) groups is 2. The van der Waals surface area contributed by atoms with Crippen molar-refractivity contribution < 1.29 is 27.5 Å². The molecule has 4 rings (SSSR count). The van der Waals surface area contributed by atoms with Crippen molar-refractivity contribution in [1.29, 1.82) is 0 Å². The number of aryl methyl sites for hydroxylation is 1. The van der Waals surface area contributed by atoms with Gasteiger partial charge in [0, 0.05) is 18.8 Å². The van der Waals surface area contributed by atoms with E-state index in [0.29, 0.717) is 44.2 Å². The zero-order valence-corrected chi connectivity index (χ0v) is 22.0. The van der Waals surface area contributed by atoms with Gasteiger partial charge in [-0.15, -0.1) is 0 Å². The molecule has 10 nitrogen and oxygen atoms in total. The summed E-state index contributed by atoms with van der Waals surface area (Å²) in [5.74, 6) is -1.35. The van der Waals surface area contributed by atoms with E-state index in [1.54, 1.807) is 6.92 Å². The van der Waals surface area contributed by atoms with Crippen LogP contribution in [0.25, 0.3) is 0 Å². The highest BCUT2D eigenvalue weighted by Crippen LogP contribution is 2.23. The molecule has 1 fully saturated rings. The van der Waals surface area contributed by atoms with Crippen molar-refractivity contribution in [3.63, 3.8) is 0 Å². The van der Waals surface area contributed by atoms with E-state index in [0.717, 1.165) is 5.56 Å². The van der Waals surface area contributed by atoms with Crippen LogP contribution in [0.2, 0.25) is 5.15 Å². The van der Waals surface area contributed by atoms with Crippen molar-refractivity contribution in [3.8, 4) is 0 Å². The highest BCUT2D eigenvalue weighted by atomic mass is 35.5. The van der Waals surface area contributed by atoms with Crippen LogP contribution in [0.5, 0.6) is 0 Å². The summed E-state index contributed by atoms with van der Waals surface area (Å²) in [6.45, 7) is 4.73. The average molecular weight is 547 g/mol. The summed E-state index contributed by atoms with van der Waals surface area (Å²) in [5.41, 5.74) is 1.80. The van der Waals surface area contributed by atoms with Crippen molar-refractivity contribution >= 4 is 39.2 Å². The Bertz CT molecular complexity index is 1370. The Labute approximate surface area is 220 Å². The van der Waals surface area contributed by atoms with Gasteiger partial charge in [-0.25, -0.2) is 17.9 Å². The maximum atomic E-state index is 12.8. The van der Waals surface area contributed by atoms with E-state index >= 15 is 0 Å². The highest BCUT2D eigenvalue weighted by Gasteiger charge is 2.27. The van der Waals surface area contributed by atoms with Crippen molar-refractivity contribution in [2.24, 2.45) is 0 Å². The lowest BCUT2D eigenvalue weighted by atomic mass is 10.2. The molecule has 1 N–H and O–H groups in total. The molecule has 0 bridgehead atoms. The van der Waals surface area contributed by atoms with Gasteiger partial charge >= 0.3 is 5.97 Å². The molecule has 1 aliphatic heterocycles. The van der Waals surface area contributed by atoms with Crippen LogP contribution in [0.15, 0.2) is 59.5 Å². The average Bonchev–Trinajstić information content (AvgIpc) is 3.17. The maximum Gasteiger partial charge on any atom is 0.343 e. The van der Waals surface area contributed by atoms with Gasteiger partial charge in [-0.2, -0.15) is 9.40 Å². The Morgan fingerprint density at radius 3 is 2.41 bits per heavy atom. The van der Waals surface area contributed by atoms with Crippen molar-refractivity contribution in [1.82, 2.24) is 14.1 Å². The first-order valence-corrected chi connectivity index (χ1v) is 13.4. The molecular weight excluding hydrogens is 520 g/mol. The minimum Gasteiger partial charge on any atom is -0.449 e. The molecule has 1 aromatic heterocycles. The molecule has 12 heteroatoms. The third kappa shape index (κ3) is 6.19. The zero-order chi connectivity index (χ0) is 26.6. The zero-order valence-electron chi connectivity index (χ0n) is 20.4. The van der Waals surface area contributed by atoms with Gasteiger partial charge in [-0.05, 0) is 43.7 Å². The second-order valence-corrected chi connectivity index (χ2v) is 10.8. The van der Waals surface area contributed by atoms with Gasteiger partial charge in [-0.1, -0.05) is 41.9 Å². The van der Waals surface area contributed by atoms with Gasteiger partial charge in [0.1, 0.15) is 10.7 Å². The Morgan fingerprint density at radius 2 is 1.76 bits per heavy atom. The lowest BCUT2D eigenvalue weighted by molar-refractivity contribution is -0.123. The number of morpholine rings is 1. The Kier molecular flexibility index (Phi) is 8.28. The summed E-state index contributed by atoms with van der Waals surface area (Å²) in [5, 5.41) is 7.08. The lowest BCUT2D eigenvalue weighted by Crippen LogP contribution is -2.40. The molecule has 1 saturated heterocycles. The number of anilines is 1. The van der Waals surface area contributed by atoms with Crippen molar-refractivity contribution in [2.75, 3.05) is 31.6 Å². The van der Waals surface area contributed by atoms with Crippen molar-refractivity contribution in [2.45, 2.75) is 31.4 Å². The predicted molar refractivity (Wildman–Crippen MR) is 137 cm³/mol. The molecule has 2 aromatic carbocycles. The number of nitrogens with one attached hydrogen (secondary N) is 1. The normalized spacial score (nSPS) is 15.2. The SMILES string of the molecule is Cc1nn(Cc2ccccc2)c(Cl)c1C(=O)OC(C)C(=O)Nc1ccc(S(=O)(=O)N2CCOCC2)cc1. The smallest absolute Gasteiger partial charge is 0.343 e. The largest absolute Gasteiger partial charge is 0.449 e. The Morgan fingerprint density at radius 1 is 1.11 bits per heavy atom. The number of benzene rings is 2. The van der Waals surface area contributed by atoms with Crippen molar-refractivity contribution in [3.05, 3.63) is 76.6 Å². The molecule has 2 heterocycles. The first-order chi connectivity index (χ1) is 17.7. The molecule has 0 spiro atoms. The molecule has 0 saturated carbocycles. The van der Waals surface area contributed by atoms with Gasteiger partial charge < -0.3 is 14.8 Å². The van der Waals surface area contributed by atoms with Crippen LogP contribution in [0.3, 0.4) is 0 Å². The topological polar surface area (TPSA) is 120 Å². The van der Waals surface area contributed by atoms with Gasteiger partial charge in [0.15, 0.2) is 6.10 Å². The minimum atomic E-state index is -3.65. The minimum absolute atomic E-state index is 0.0925. The molecule has 0 aliphatic carbocycles. The molecule has 1 atom stereocenters. The van der Waals surface area contributed by atoms with E-state index in [1.807, 2.05) is 30.3 Å². The van der Waals surface area contributed by atoms with Gasteiger partial charge in [0.05, 0.1) is 30.3 Å². The van der Waals surface area contributed by atoms with E-state index in [9.17, 15) is 18.0 Å². The number of aromatic nitrogens is 2. The highest BCUT2D eigenvalue weighted by molar-refractivity contribution is 7.89. The summed E-state index contributed by atoms with van der Waals surface area (Å²) >= 11 is 6.41. The number of halogens is 1. The third-order valence-corrected chi connectivity index (χ3v) is 8.12. The lowest BCUT2D eigenvalue weighted by Gasteiger charge is -2.26. The number of hydrogen-bond donors (Lipinski definition) is 1. The number of sulfonamides is 1. The van der Waals surface area contributed by atoms with Crippen LogP contribution in [-0.2, 0) is 30.8 Å². The fourth-order valence-electron chi connectivity index (χ4n) is 3.81. The number of esters is 1. The number of nitrogens with zero attached hydrogens (tertiary/aromatic N) is 3. The quantitative estimate of drug-likeness (QED) is 0.431. The van der Waals surface area contributed by atoms with E-state index in [1.165, 1.54) is 40.2 Å². The van der Waals surface area contributed by atoms with Crippen LogP contribution in [0, 0.1) is 6.92 Å². The summed E-state index contributed by atoms with van der Waals surface area (Å²) in [6, 6.07) is 15.3. The molecule has 196 valence electrons. The van der Waals surface area contributed by atoms with Crippen LogP contribution < -0.4 is 5.32 Å². The fraction of sp³-hybridized carbons (Fsp3) is 0.320. The first-order valence-electron chi connectivity index (χ1n) is 11.6. The van der Waals surface area contributed by atoms with Gasteiger partial charge in [0.2, 0.25) is 10.0 Å². The molecule has 1 aliphatic rings. The number of hydrogen-bond acceptors (Lipinski definition) is 7. The van der Waals surface area contributed by atoms with Crippen LogP contribution >= 0.6 is 11.6 Å². The number of rotatable bonds is 8. The van der Waals surface area contributed by atoms with E-state index in [4.69, 9.17) is 21.1 Å². The third-order valence-electron chi connectivity index (χ3n) is 5.83. The number of amides is 1. The molecule has 37 heavy (non-hydrogen) atoms. The van der Waals surface area contributed by atoms with Gasteiger partial charge in [-0.3, -0.25) is 4.79 Å². The number of carbonyl (C=O) groups excluding carboxylic acids is 2. The fourth-order valence-corrected chi connectivity index (χ4v) is 5.53. The molecule has 3 aromatic rings. The molecule has 1 unspecified atom stereocenters. The number of ether oxygens (including phenoxy) is 2.